The number of hydrogen-bond acceptors (Lipinski definition) is 5. The summed E-state index contributed by atoms with van der Waals surface area (Å²) in [5.74, 6) is 1.37. The van der Waals surface area contributed by atoms with E-state index in [9.17, 15) is 8.42 Å². The first-order chi connectivity index (χ1) is 9.51. The van der Waals surface area contributed by atoms with Crippen LogP contribution in [0.15, 0.2) is 32.2 Å². The van der Waals surface area contributed by atoms with Crippen LogP contribution in [-0.2, 0) is 23.1 Å². The van der Waals surface area contributed by atoms with Crippen LogP contribution in [-0.4, -0.2) is 15.0 Å². The van der Waals surface area contributed by atoms with Crippen molar-refractivity contribution in [3.63, 3.8) is 0 Å². The molecule has 0 aliphatic rings. The molecule has 0 fully saturated rings. The van der Waals surface area contributed by atoms with Crippen LogP contribution in [0.5, 0.6) is 0 Å². The number of aryl methyl sites for hydroxylation is 1. The molecule has 0 spiro atoms. The maximum Gasteiger partial charge on any atom is 0.250 e. The second-order valence-corrected chi connectivity index (χ2v) is 7.30. The third-order valence-electron chi connectivity index (χ3n) is 2.71. The van der Waals surface area contributed by atoms with E-state index in [1.54, 1.807) is 12.1 Å². The Balaban J connectivity index is 2.00. The van der Waals surface area contributed by atoms with Crippen molar-refractivity contribution in [3.8, 4) is 0 Å². The van der Waals surface area contributed by atoms with E-state index >= 15 is 0 Å². The van der Waals surface area contributed by atoms with Gasteiger partial charge in [-0.2, -0.15) is 0 Å². The largest absolute Gasteiger partial charge is 0.465 e. The van der Waals surface area contributed by atoms with Gasteiger partial charge in [0.1, 0.15) is 15.7 Å². The zero-order valence-corrected chi connectivity index (χ0v) is 13.1. The van der Waals surface area contributed by atoms with Gasteiger partial charge in [-0.25, -0.2) is 13.1 Å². The molecule has 0 amide bonds. The highest BCUT2D eigenvalue weighted by atomic mass is 32.2. The third-order valence-corrected chi connectivity index (χ3v) is 5.60. The van der Waals surface area contributed by atoms with Crippen molar-refractivity contribution in [3.05, 3.63) is 40.7 Å². The minimum Gasteiger partial charge on any atom is -0.465 e. The number of furan rings is 1. The van der Waals surface area contributed by atoms with Crippen molar-refractivity contribution in [1.29, 1.82) is 0 Å². The van der Waals surface area contributed by atoms with Crippen LogP contribution < -0.4 is 10.0 Å². The maximum atomic E-state index is 12.1. The van der Waals surface area contributed by atoms with E-state index in [0.29, 0.717) is 16.5 Å². The highest BCUT2D eigenvalue weighted by Crippen LogP contribution is 2.20. The van der Waals surface area contributed by atoms with E-state index in [0.717, 1.165) is 17.9 Å². The molecule has 2 rings (SSSR count). The fraction of sp³-hybridized carbons (Fsp3) is 0.385. The fourth-order valence-electron chi connectivity index (χ4n) is 1.67. The average Bonchev–Trinajstić information content (AvgIpc) is 3.03. The summed E-state index contributed by atoms with van der Waals surface area (Å²) in [5.41, 5.74) is 0.978. The predicted molar refractivity (Wildman–Crippen MR) is 79.2 cm³/mol. The summed E-state index contributed by atoms with van der Waals surface area (Å²) < 4.78 is 32.5. The number of sulfonamides is 1. The van der Waals surface area contributed by atoms with Crippen molar-refractivity contribution in [1.82, 2.24) is 10.0 Å². The Bertz CT molecular complexity index is 659. The van der Waals surface area contributed by atoms with Crippen LogP contribution in [0.4, 0.5) is 0 Å². The zero-order chi connectivity index (χ0) is 14.6. The molecule has 2 aromatic rings. The van der Waals surface area contributed by atoms with Crippen LogP contribution in [0.1, 0.15) is 24.0 Å². The summed E-state index contributed by atoms with van der Waals surface area (Å²) in [6.07, 6.45) is 0. The molecule has 5 nitrogen and oxygen atoms in total. The number of hydrogen-bond donors (Lipinski definition) is 2. The van der Waals surface area contributed by atoms with Crippen LogP contribution in [0.25, 0.3) is 0 Å². The van der Waals surface area contributed by atoms with E-state index in [1.165, 1.54) is 11.3 Å². The normalized spacial score (nSPS) is 11.9. The van der Waals surface area contributed by atoms with Gasteiger partial charge in [0.15, 0.2) is 0 Å². The molecule has 20 heavy (non-hydrogen) atoms. The smallest absolute Gasteiger partial charge is 0.250 e. The van der Waals surface area contributed by atoms with Crippen molar-refractivity contribution in [2.75, 3.05) is 6.54 Å². The molecule has 0 aliphatic carbocycles. The van der Waals surface area contributed by atoms with Crippen LogP contribution >= 0.6 is 11.3 Å². The summed E-state index contributed by atoms with van der Waals surface area (Å²) in [4.78, 5) is 0. The Morgan fingerprint density at radius 3 is 2.75 bits per heavy atom. The van der Waals surface area contributed by atoms with E-state index in [-0.39, 0.29) is 6.54 Å². The third kappa shape index (κ3) is 3.92. The van der Waals surface area contributed by atoms with Crippen LogP contribution in [0.3, 0.4) is 0 Å². The highest BCUT2D eigenvalue weighted by Gasteiger charge is 2.17. The summed E-state index contributed by atoms with van der Waals surface area (Å²) in [6.45, 7) is 5.53. The van der Waals surface area contributed by atoms with Gasteiger partial charge in [-0.3, -0.25) is 0 Å². The fourth-order valence-corrected chi connectivity index (χ4v) is 3.92. The van der Waals surface area contributed by atoms with E-state index in [1.807, 2.05) is 25.3 Å². The monoisotopic (exact) mass is 314 g/mol. The minimum atomic E-state index is -3.47. The summed E-state index contributed by atoms with van der Waals surface area (Å²) in [6, 6.07) is 5.27. The lowest BCUT2D eigenvalue weighted by Crippen LogP contribution is -2.22. The SMILES string of the molecule is CCNCc1csc(S(=O)(=O)NCc2ccc(C)o2)c1. The lowest BCUT2D eigenvalue weighted by Gasteiger charge is -2.02. The van der Waals surface area contributed by atoms with Crippen LogP contribution in [0.2, 0.25) is 0 Å². The van der Waals surface area contributed by atoms with Gasteiger partial charge in [0.2, 0.25) is 10.0 Å². The first-order valence-electron chi connectivity index (χ1n) is 6.34. The first-order valence-corrected chi connectivity index (χ1v) is 8.70. The molecule has 2 N–H and O–H groups in total. The molecular weight excluding hydrogens is 296 g/mol. The maximum absolute atomic E-state index is 12.1. The minimum absolute atomic E-state index is 0.163. The number of rotatable bonds is 7. The van der Waals surface area contributed by atoms with Gasteiger partial charge in [0.05, 0.1) is 6.54 Å². The van der Waals surface area contributed by atoms with E-state index in [4.69, 9.17) is 4.42 Å². The molecule has 0 bridgehead atoms. The Labute approximate surface area is 123 Å². The Morgan fingerprint density at radius 2 is 2.10 bits per heavy atom. The van der Waals surface area contributed by atoms with E-state index in [2.05, 4.69) is 10.0 Å². The quantitative estimate of drug-likeness (QED) is 0.822. The molecule has 0 radical (unpaired) electrons. The van der Waals surface area contributed by atoms with Gasteiger partial charge in [-0.15, -0.1) is 11.3 Å². The van der Waals surface area contributed by atoms with E-state index < -0.39 is 10.0 Å². The molecule has 0 unspecified atom stereocenters. The number of nitrogens with one attached hydrogen (secondary N) is 2. The lowest BCUT2D eigenvalue weighted by atomic mass is 10.3. The van der Waals surface area contributed by atoms with Crippen LogP contribution in [0, 0.1) is 6.92 Å². The van der Waals surface area contributed by atoms with Crippen molar-refractivity contribution < 1.29 is 12.8 Å². The Kier molecular flexibility index (Phi) is 4.98. The topological polar surface area (TPSA) is 71.3 Å². The van der Waals surface area contributed by atoms with Gasteiger partial charge in [0.25, 0.3) is 0 Å². The molecule has 0 saturated carbocycles. The van der Waals surface area contributed by atoms with Crippen molar-refractivity contribution in [2.24, 2.45) is 0 Å². The highest BCUT2D eigenvalue weighted by molar-refractivity contribution is 7.91. The molecule has 110 valence electrons. The number of thiophene rings is 1. The van der Waals surface area contributed by atoms with Crippen molar-refractivity contribution in [2.45, 2.75) is 31.1 Å². The molecule has 0 saturated heterocycles. The molecule has 0 atom stereocenters. The summed E-state index contributed by atoms with van der Waals surface area (Å²) in [5, 5.41) is 5.02. The summed E-state index contributed by atoms with van der Waals surface area (Å²) in [7, 11) is -3.47. The molecule has 7 heteroatoms. The Hall–Kier alpha value is -1.15. The molecular formula is C13H18N2O3S2. The van der Waals surface area contributed by atoms with Gasteiger partial charge < -0.3 is 9.73 Å². The Morgan fingerprint density at radius 1 is 1.30 bits per heavy atom. The molecule has 2 heterocycles. The second-order valence-electron chi connectivity index (χ2n) is 4.39. The first kappa shape index (κ1) is 15.2. The molecule has 2 aromatic heterocycles. The lowest BCUT2D eigenvalue weighted by molar-refractivity contribution is 0.475. The summed E-state index contributed by atoms with van der Waals surface area (Å²) >= 11 is 1.23. The average molecular weight is 314 g/mol. The van der Waals surface area contributed by atoms with Gasteiger partial charge in [0, 0.05) is 6.54 Å². The standard InChI is InChI=1S/C13H18N2O3S2/c1-3-14-7-11-6-13(19-9-11)20(16,17)15-8-12-5-4-10(2)18-12/h4-6,9,14-15H,3,7-8H2,1-2H3. The van der Waals surface area contributed by atoms with Gasteiger partial charge >= 0.3 is 0 Å². The second kappa shape index (κ2) is 6.53. The van der Waals surface area contributed by atoms with Crippen molar-refractivity contribution >= 4 is 21.4 Å². The predicted octanol–water partition coefficient (Wildman–Crippen LogP) is 2.24. The molecule has 0 aliphatic heterocycles. The van der Waals surface area contributed by atoms with Gasteiger partial charge in [-0.05, 0) is 42.6 Å². The molecule has 0 aromatic carbocycles. The zero-order valence-electron chi connectivity index (χ0n) is 11.5. The van der Waals surface area contributed by atoms with Gasteiger partial charge in [-0.1, -0.05) is 6.92 Å².